The molecule has 35 heavy (non-hydrogen) atoms. The summed E-state index contributed by atoms with van der Waals surface area (Å²) in [6, 6.07) is 13.6. The van der Waals surface area contributed by atoms with E-state index in [9.17, 15) is 13.2 Å². The number of nitrogens with zero attached hydrogens (tertiary/aromatic N) is 4. The number of fused-ring (bicyclic) bond motifs is 1. The number of aromatic nitrogens is 2. The van der Waals surface area contributed by atoms with Crippen LogP contribution in [0.2, 0.25) is 5.02 Å². The molecular weight excluding hydrogens is 488 g/mol. The fraction of sp³-hybridized carbons (Fsp3) is 0.333. The summed E-state index contributed by atoms with van der Waals surface area (Å²) in [6.07, 6.45) is 0.477. The van der Waals surface area contributed by atoms with Gasteiger partial charge in [0.1, 0.15) is 0 Å². The molecule has 3 heterocycles. The fourth-order valence-electron chi connectivity index (χ4n) is 4.40. The summed E-state index contributed by atoms with van der Waals surface area (Å²) in [4.78, 5) is 17.7. The number of carbonyl (C=O) groups excluding carboxylic acids is 1. The molecule has 2 aromatic carbocycles. The van der Waals surface area contributed by atoms with E-state index >= 15 is 0 Å². The quantitative estimate of drug-likeness (QED) is 0.543. The zero-order chi connectivity index (χ0) is 24.6. The molecule has 11 heteroatoms. The number of piperazine rings is 1. The van der Waals surface area contributed by atoms with E-state index in [0.29, 0.717) is 34.9 Å². The van der Waals surface area contributed by atoms with E-state index in [1.54, 1.807) is 24.3 Å². The zero-order valence-corrected chi connectivity index (χ0v) is 20.9. The number of hydrogen-bond donors (Lipinski definition) is 2. The summed E-state index contributed by atoms with van der Waals surface area (Å²) in [7, 11) is -1.59. The van der Waals surface area contributed by atoms with Crippen molar-refractivity contribution in [1.29, 1.82) is 0 Å². The molecule has 184 valence electrons. The number of rotatable bonds is 5. The molecule has 0 saturated carbocycles. The number of benzene rings is 2. The topological polar surface area (TPSA) is 102 Å². The van der Waals surface area contributed by atoms with Gasteiger partial charge in [0.05, 0.1) is 4.90 Å². The van der Waals surface area contributed by atoms with Crippen LogP contribution in [0.1, 0.15) is 21.6 Å². The van der Waals surface area contributed by atoms with E-state index < -0.39 is 10.0 Å². The first-order chi connectivity index (χ1) is 16.8. The van der Waals surface area contributed by atoms with Gasteiger partial charge in [0.2, 0.25) is 10.0 Å². The molecule has 3 aromatic rings. The Kier molecular flexibility index (Phi) is 6.54. The van der Waals surface area contributed by atoms with Crippen molar-refractivity contribution in [3.8, 4) is 0 Å². The number of hydrogen-bond acceptors (Lipinski definition) is 6. The summed E-state index contributed by atoms with van der Waals surface area (Å²) >= 11 is 5.91. The van der Waals surface area contributed by atoms with Crippen molar-refractivity contribution < 1.29 is 13.2 Å². The molecule has 0 bridgehead atoms. The van der Waals surface area contributed by atoms with Gasteiger partial charge in [-0.3, -0.25) is 9.89 Å². The number of aromatic amines is 1. The Morgan fingerprint density at radius 3 is 2.37 bits per heavy atom. The van der Waals surface area contributed by atoms with E-state index in [1.165, 1.54) is 16.4 Å². The van der Waals surface area contributed by atoms with E-state index in [2.05, 4.69) is 32.4 Å². The van der Waals surface area contributed by atoms with Crippen molar-refractivity contribution in [2.45, 2.75) is 17.9 Å². The highest BCUT2D eigenvalue weighted by Gasteiger charge is 2.31. The van der Waals surface area contributed by atoms with Crippen molar-refractivity contribution in [3.05, 3.63) is 70.4 Å². The highest BCUT2D eigenvalue weighted by atomic mass is 35.5. The molecule has 1 aromatic heterocycles. The third-order valence-corrected chi connectivity index (χ3v) is 8.69. The molecule has 5 rings (SSSR count). The predicted octanol–water partition coefficient (Wildman–Crippen LogP) is 2.81. The second-order valence-electron chi connectivity index (χ2n) is 8.86. The number of halogens is 1. The Morgan fingerprint density at radius 1 is 1.00 bits per heavy atom. The number of sulfonamides is 1. The lowest BCUT2D eigenvalue weighted by atomic mass is 10.1. The van der Waals surface area contributed by atoms with Gasteiger partial charge in [-0.05, 0) is 55.6 Å². The van der Waals surface area contributed by atoms with E-state index in [4.69, 9.17) is 11.6 Å². The van der Waals surface area contributed by atoms with Gasteiger partial charge >= 0.3 is 0 Å². The third-order valence-electron chi connectivity index (χ3n) is 6.58. The summed E-state index contributed by atoms with van der Waals surface area (Å²) in [5.41, 5.74) is 3.11. The van der Waals surface area contributed by atoms with Crippen LogP contribution >= 0.6 is 11.6 Å². The number of carbonyl (C=O) groups is 1. The number of H-pyrrole nitrogens is 1. The largest absolute Gasteiger partial charge is 0.369 e. The predicted molar refractivity (Wildman–Crippen MR) is 135 cm³/mol. The van der Waals surface area contributed by atoms with Gasteiger partial charge in [-0.2, -0.15) is 9.40 Å². The third kappa shape index (κ3) is 4.92. The Balaban J connectivity index is 1.29. The smallest absolute Gasteiger partial charge is 0.256 e. The van der Waals surface area contributed by atoms with Crippen LogP contribution in [0.25, 0.3) is 0 Å². The van der Waals surface area contributed by atoms with E-state index in [-0.39, 0.29) is 17.3 Å². The summed E-state index contributed by atoms with van der Waals surface area (Å²) < 4.78 is 27.6. The van der Waals surface area contributed by atoms with Crippen LogP contribution in [0.15, 0.2) is 53.4 Å². The van der Waals surface area contributed by atoms with Crippen LogP contribution in [0.4, 0.5) is 11.5 Å². The van der Waals surface area contributed by atoms with Gasteiger partial charge < -0.3 is 15.1 Å². The SMILES string of the molecule is CN1CCN(c2ccc(C(=O)Nc3n[nH]c4c3CN(S(=O)(=O)c3ccc(Cl)cc3)CC4)cc2)CC1. The Bertz CT molecular complexity index is 1320. The van der Waals surface area contributed by atoms with Crippen LogP contribution in [0, 0.1) is 0 Å². The molecule has 0 unspecified atom stereocenters. The molecule has 1 fully saturated rings. The first kappa shape index (κ1) is 23.8. The Hall–Kier alpha value is -2.92. The average molecular weight is 515 g/mol. The zero-order valence-electron chi connectivity index (χ0n) is 19.4. The lowest BCUT2D eigenvalue weighted by Crippen LogP contribution is -2.44. The van der Waals surface area contributed by atoms with Crippen molar-refractivity contribution >= 4 is 39.0 Å². The van der Waals surface area contributed by atoms with Gasteiger partial charge in [-0.1, -0.05) is 11.6 Å². The Labute approximate surface area is 209 Å². The monoisotopic (exact) mass is 514 g/mol. The van der Waals surface area contributed by atoms with Gasteiger partial charge in [0.25, 0.3) is 5.91 Å². The normalized spacial score (nSPS) is 17.3. The van der Waals surface area contributed by atoms with Crippen LogP contribution in [0.5, 0.6) is 0 Å². The standard InChI is InChI=1S/C24H27ClN6O3S/c1-29-12-14-30(15-13-29)19-6-2-17(3-7-19)24(32)26-23-21-16-31(11-10-22(21)27-28-23)35(33,34)20-8-4-18(25)5-9-20/h2-9H,10-16H2,1H3,(H2,26,27,28,32). The number of anilines is 2. The molecule has 0 radical (unpaired) electrons. The molecule has 1 saturated heterocycles. The minimum atomic E-state index is -3.70. The van der Waals surface area contributed by atoms with Gasteiger partial charge in [-0.15, -0.1) is 0 Å². The molecule has 1 amide bonds. The van der Waals surface area contributed by atoms with Gasteiger partial charge in [-0.25, -0.2) is 8.42 Å². The van der Waals surface area contributed by atoms with Crippen molar-refractivity contribution in [3.63, 3.8) is 0 Å². The van der Waals surface area contributed by atoms with E-state index in [0.717, 1.165) is 37.6 Å². The second kappa shape index (κ2) is 9.62. The molecular formula is C24H27ClN6O3S. The molecule has 0 aliphatic carbocycles. The minimum absolute atomic E-state index is 0.120. The lowest BCUT2D eigenvalue weighted by molar-refractivity contribution is 0.102. The fourth-order valence-corrected chi connectivity index (χ4v) is 5.94. The maximum absolute atomic E-state index is 13.1. The van der Waals surface area contributed by atoms with Crippen LogP contribution < -0.4 is 10.2 Å². The molecule has 9 nitrogen and oxygen atoms in total. The first-order valence-corrected chi connectivity index (χ1v) is 13.3. The summed E-state index contributed by atoms with van der Waals surface area (Å²) in [5, 5.41) is 10.5. The maximum atomic E-state index is 13.1. The highest BCUT2D eigenvalue weighted by molar-refractivity contribution is 7.89. The molecule has 2 aliphatic heterocycles. The van der Waals surface area contributed by atoms with Crippen LogP contribution in [0.3, 0.4) is 0 Å². The van der Waals surface area contributed by atoms with Gasteiger partial charge in [0.15, 0.2) is 5.82 Å². The highest BCUT2D eigenvalue weighted by Crippen LogP contribution is 2.29. The maximum Gasteiger partial charge on any atom is 0.256 e. The first-order valence-electron chi connectivity index (χ1n) is 11.5. The van der Waals surface area contributed by atoms with Crippen molar-refractivity contribution in [1.82, 2.24) is 19.4 Å². The molecule has 2 N–H and O–H groups in total. The Morgan fingerprint density at radius 2 is 1.69 bits per heavy atom. The average Bonchev–Trinajstić information content (AvgIpc) is 3.27. The molecule has 0 spiro atoms. The number of nitrogens with one attached hydrogen (secondary N) is 2. The van der Waals surface area contributed by atoms with Crippen LogP contribution in [-0.4, -0.2) is 73.5 Å². The summed E-state index contributed by atoms with van der Waals surface area (Å²) in [6.45, 7) is 4.37. The minimum Gasteiger partial charge on any atom is -0.369 e. The summed E-state index contributed by atoms with van der Waals surface area (Å²) in [5.74, 6) is 0.0612. The van der Waals surface area contributed by atoms with Gasteiger partial charge in [0, 0.05) is 73.2 Å². The molecule has 0 atom stereocenters. The van der Waals surface area contributed by atoms with Crippen molar-refractivity contribution in [2.75, 3.05) is 50.0 Å². The molecule has 2 aliphatic rings. The number of amides is 1. The van der Waals surface area contributed by atoms with Crippen LogP contribution in [-0.2, 0) is 23.0 Å². The van der Waals surface area contributed by atoms with E-state index in [1.807, 2.05) is 12.1 Å². The lowest BCUT2D eigenvalue weighted by Gasteiger charge is -2.34. The van der Waals surface area contributed by atoms with Crippen molar-refractivity contribution in [2.24, 2.45) is 0 Å². The second-order valence-corrected chi connectivity index (χ2v) is 11.2. The number of likely N-dealkylation sites (N-methyl/N-ethyl adjacent to an activating group) is 1.